The molecule has 0 amide bonds. The van der Waals surface area contributed by atoms with Gasteiger partial charge in [-0.1, -0.05) is 60.7 Å². The van der Waals surface area contributed by atoms with Crippen LogP contribution in [0.15, 0.2) is 97.3 Å². The number of aromatic nitrogens is 2. The number of pyridine rings is 2. The quantitative estimate of drug-likeness (QED) is 0.362. The first-order valence-corrected chi connectivity index (χ1v) is 8.84. The number of hydrogen-bond acceptors (Lipinski definition) is 3. The Morgan fingerprint density at radius 1 is 0.593 bits per heavy atom. The normalized spacial score (nSPS) is 11.0. The minimum atomic E-state index is 0.600. The van der Waals surface area contributed by atoms with E-state index in [1.54, 1.807) is 12.4 Å². The van der Waals surface area contributed by atoms with Crippen LogP contribution in [0.1, 0.15) is 0 Å². The summed E-state index contributed by atoms with van der Waals surface area (Å²) in [6.07, 6.45) is 3.56. The Balaban J connectivity index is 1.58. The lowest BCUT2D eigenvalue weighted by Crippen LogP contribution is -1.91. The fourth-order valence-electron chi connectivity index (χ4n) is 3.35. The second kappa shape index (κ2) is 6.54. The molecule has 0 N–H and O–H groups in total. The second-order valence-corrected chi connectivity index (χ2v) is 6.34. The van der Waals surface area contributed by atoms with E-state index in [1.807, 2.05) is 48.5 Å². The first-order valence-electron chi connectivity index (χ1n) is 8.84. The van der Waals surface area contributed by atoms with Crippen molar-refractivity contribution in [2.45, 2.75) is 0 Å². The molecule has 0 radical (unpaired) electrons. The number of ether oxygens (including phenoxy) is 1. The van der Waals surface area contributed by atoms with Gasteiger partial charge in [0.2, 0.25) is 5.88 Å². The van der Waals surface area contributed by atoms with E-state index >= 15 is 0 Å². The average Bonchev–Trinajstić information content (AvgIpc) is 2.75. The molecule has 3 heteroatoms. The van der Waals surface area contributed by atoms with Gasteiger partial charge >= 0.3 is 0 Å². The van der Waals surface area contributed by atoms with E-state index in [4.69, 9.17) is 4.74 Å². The summed E-state index contributed by atoms with van der Waals surface area (Å²) < 4.78 is 6.15. The van der Waals surface area contributed by atoms with Crippen molar-refractivity contribution in [3.8, 4) is 22.9 Å². The molecule has 0 atom stereocenters. The molecule has 3 nitrogen and oxygen atoms in total. The minimum absolute atomic E-state index is 0.600. The Hall–Kier alpha value is -3.72. The van der Waals surface area contributed by atoms with Gasteiger partial charge in [0.05, 0.1) is 5.69 Å². The highest BCUT2D eigenvalue weighted by Crippen LogP contribution is 2.33. The summed E-state index contributed by atoms with van der Waals surface area (Å²) in [5, 5.41) is 4.53. The molecular weight excluding hydrogens is 332 g/mol. The van der Waals surface area contributed by atoms with Gasteiger partial charge in [-0.25, -0.2) is 4.98 Å². The lowest BCUT2D eigenvalue weighted by molar-refractivity contribution is 0.469. The SMILES string of the molecule is c1ccc(-c2cc(Oc3nccc4c3ccc3ccccc34)ccn2)cc1. The van der Waals surface area contributed by atoms with Crippen LogP contribution >= 0.6 is 0 Å². The van der Waals surface area contributed by atoms with Gasteiger partial charge in [0.25, 0.3) is 0 Å². The molecule has 0 fully saturated rings. The highest BCUT2D eigenvalue weighted by molar-refractivity contribution is 6.08. The van der Waals surface area contributed by atoms with Crippen molar-refractivity contribution in [3.63, 3.8) is 0 Å². The van der Waals surface area contributed by atoms with Crippen molar-refractivity contribution >= 4 is 21.5 Å². The van der Waals surface area contributed by atoms with E-state index in [0.717, 1.165) is 27.8 Å². The molecule has 5 rings (SSSR count). The van der Waals surface area contributed by atoms with Crippen LogP contribution in [-0.4, -0.2) is 9.97 Å². The molecule has 0 aliphatic heterocycles. The Morgan fingerprint density at radius 3 is 2.33 bits per heavy atom. The molecular formula is C24H16N2O. The van der Waals surface area contributed by atoms with E-state index in [-0.39, 0.29) is 0 Å². The molecule has 27 heavy (non-hydrogen) atoms. The van der Waals surface area contributed by atoms with E-state index in [9.17, 15) is 0 Å². The molecule has 0 aliphatic rings. The summed E-state index contributed by atoms with van der Waals surface area (Å²) in [6.45, 7) is 0. The van der Waals surface area contributed by atoms with Gasteiger partial charge in [-0.2, -0.15) is 0 Å². The predicted molar refractivity (Wildman–Crippen MR) is 109 cm³/mol. The largest absolute Gasteiger partial charge is 0.438 e. The van der Waals surface area contributed by atoms with Crippen molar-refractivity contribution in [3.05, 3.63) is 97.3 Å². The summed E-state index contributed by atoms with van der Waals surface area (Å²) in [7, 11) is 0. The topological polar surface area (TPSA) is 35.0 Å². The van der Waals surface area contributed by atoms with Gasteiger partial charge in [-0.05, 0) is 34.4 Å². The lowest BCUT2D eigenvalue weighted by Gasteiger charge is -2.10. The van der Waals surface area contributed by atoms with Crippen LogP contribution in [0.5, 0.6) is 11.6 Å². The number of nitrogens with zero attached hydrogens (tertiary/aromatic N) is 2. The maximum Gasteiger partial charge on any atom is 0.227 e. The summed E-state index contributed by atoms with van der Waals surface area (Å²) in [4.78, 5) is 8.92. The first kappa shape index (κ1) is 15.5. The van der Waals surface area contributed by atoms with Gasteiger partial charge in [-0.15, -0.1) is 0 Å². The molecule has 128 valence electrons. The molecule has 0 saturated heterocycles. The minimum Gasteiger partial charge on any atom is -0.438 e. The van der Waals surface area contributed by atoms with Crippen molar-refractivity contribution in [2.24, 2.45) is 0 Å². The zero-order chi connectivity index (χ0) is 18.1. The fourth-order valence-corrected chi connectivity index (χ4v) is 3.35. The van der Waals surface area contributed by atoms with Gasteiger partial charge in [-0.3, -0.25) is 4.98 Å². The van der Waals surface area contributed by atoms with Crippen molar-refractivity contribution in [2.75, 3.05) is 0 Å². The van der Waals surface area contributed by atoms with Crippen LogP contribution in [0.2, 0.25) is 0 Å². The van der Waals surface area contributed by atoms with Gasteiger partial charge in [0.15, 0.2) is 0 Å². The zero-order valence-electron chi connectivity index (χ0n) is 14.5. The standard InChI is InChI=1S/C24H16N2O/c1-2-7-18(8-3-1)23-16-19(12-14-25-23)27-24-22-11-10-17-6-4-5-9-20(17)21(22)13-15-26-24/h1-16H. The molecule has 3 aromatic carbocycles. The monoisotopic (exact) mass is 348 g/mol. The van der Waals surface area contributed by atoms with Gasteiger partial charge in [0, 0.05) is 29.4 Å². The average molecular weight is 348 g/mol. The Bertz CT molecular complexity index is 1250. The van der Waals surface area contributed by atoms with Gasteiger partial charge in [0.1, 0.15) is 5.75 Å². The first-order chi connectivity index (χ1) is 13.4. The Morgan fingerprint density at radius 2 is 1.41 bits per heavy atom. The number of fused-ring (bicyclic) bond motifs is 3. The number of rotatable bonds is 3. The molecule has 5 aromatic rings. The zero-order valence-corrected chi connectivity index (χ0v) is 14.5. The van der Waals surface area contributed by atoms with E-state index in [0.29, 0.717) is 5.88 Å². The predicted octanol–water partition coefficient (Wildman–Crippen LogP) is 6.24. The van der Waals surface area contributed by atoms with E-state index < -0.39 is 0 Å². The summed E-state index contributed by atoms with van der Waals surface area (Å²) >= 11 is 0. The maximum atomic E-state index is 6.15. The highest BCUT2D eigenvalue weighted by Gasteiger charge is 2.09. The van der Waals surface area contributed by atoms with Crippen molar-refractivity contribution in [1.29, 1.82) is 0 Å². The van der Waals surface area contributed by atoms with Crippen LogP contribution in [-0.2, 0) is 0 Å². The third-order valence-corrected chi connectivity index (χ3v) is 4.65. The van der Waals surface area contributed by atoms with Crippen LogP contribution in [0.25, 0.3) is 32.8 Å². The Labute approximate surface area is 156 Å². The van der Waals surface area contributed by atoms with Crippen LogP contribution in [0.3, 0.4) is 0 Å². The van der Waals surface area contributed by atoms with Crippen LogP contribution in [0.4, 0.5) is 0 Å². The van der Waals surface area contributed by atoms with Crippen LogP contribution < -0.4 is 4.74 Å². The Kier molecular flexibility index (Phi) is 3.76. The van der Waals surface area contributed by atoms with Crippen LogP contribution in [0, 0.1) is 0 Å². The third kappa shape index (κ3) is 2.89. The summed E-state index contributed by atoms with van der Waals surface area (Å²) in [5.41, 5.74) is 1.93. The molecule has 0 bridgehead atoms. The second-order valence-electron chi connectivity index (χ2n) is 6.34. The molecule has 2 aromatic heterocycles. The number of hydrogen-bond donors (Lipinski definition) is 0. The molecule has 0 spiro atoms. The summed E-state index contributed by atoms with van der Waals surface area (Å²) in [5.74, 6) is 1.32. The summed E-state index contributed by atoms with van der Waals surface area (Å²) in [6, 6.07) is 28.4. The van der Waals surface area contributed by atoms with Gasteiger partial charge < -0.3 is 4.74 Å². The number of benzene rings is 3. The smallest absolute Gasteiger partial charge is 0.227 e. The fraction of sp³-hybridized carbons (Fsp3) is 0. The van der Waals surface area contributed by atoms with E-state index in [2.05, 4.69) is 46.4 Å². The third-order valence-electron chi connectivity index (χ3n) is 4.65. The molecule has 0 saturated carbocycles. The maximum absolute atomic E-state index is 6.15. The highest BCUT2D eigenvalue weighted by atomic mass is 16.5. The molecule has 0 aliphatic carbocycles. The molecule has 2 heterocycles. The lowest BCUT2D eigenvalue weighted by atomic mass is 10.0. The molecule has 0 unspecified atom stereocenters. The van der Waals surface area contributed by atoms with E-state index in [1.165, 1.54) is 10.8 Å². The van der Waals surface area contributed by atoms with Crippen molar-refractivity contribution in [1.82, 2.24) is 9.97 Å². The van der Waals surface area contributed by atoms with Crippen molar-refractivity contribution < 1.29 is 4.74 Å².